The molecule has 1 heterocycles. The summed E-state index contributed by atoms with van der Waals surface area (Å²) in [5, 5.41) is 11.2. The van der Waals surface area contributed by atoms with Crippen LogP contribution in [0.2, 0.25) is 5.02 Å². The van der Waals surface area contributed by atoms with Crippen LogP contribution in [0.15, 0.2) is 36.5 Å². The van der Waals surface area contributed by atoms with Crippen LogP contribution >= 0.6 is 11.6 Å². The van der Waals surface area contributed by atoms with Gasteiger partial charge in [-0.05, 0) is 31.0 Å². The van der Waals surface area contributed by atoms with Gasteiger partial charge in [-0.25, -0.2) is 0 Å². The van der Waals surface area contributed by atoms with E-state index < -0.39 is 4.92 Å². The number of hydrogen-bond acceptors (Lipinski definition) is 3. The molecule has 1 aromatic heterocycles. The fourth-order valence-corrected chi connectivity index (χ4v) is 2.73. The third-order valence-corrected chi connectivity index (χ3v) is 4.35. The molecule has 1 aliphatic rings. The number of aryl methyl sites for hydroxylation is 1. The van der Waals surface area contributed by atoms with Crippen molar-refractivity contribution >= 4 is 23.2 Å². The van der Waals surface area contributed by atoms with Gasteiger partial charge in [-0.15, -0.1) is 0 Å². The molecule has 1 fully saturated rings. The second kappa shape index (κ2) is 6.04. The maximum atomic E-state index is 12.9. The molecule has 0 unspecified atom stereocenters. The van der Waals surface area contributed by atoms with Crippen LogP contribution in [0.25, 0.3) is 0 Å². The van der Waals surface area contributed by atoms with Crippen molar-refractivity contribution in [2.24, 2.45) is 7.05 Å². The number of hydrogen-bond donors (Lipinski definition) is 0. The fraction of sp³-hybridized carbons (Fsp3) is 0.312. The van der Waals surface area contributed by atoms with Crippen molar-refractivity contribution in [3.63, 3.8) is 0 Å². The van der Waals surface area contributed by atoms with Gasteiger partial charge in [0.2, 0.25) is 0 Å². The highest BCUT2D eigenvalue weighted by Gasteiger charge is 2.34. The lowest BCUT2D eigenvalue weighted by Gasteiger charge is -2.23. The van der Waals surface area contributed by atoms with Gasteiger partial charge in [-0.3, -0.25) is 14.9 Å². The van der Waals surface area contributed by atoms with Crippen LogP contribution in [-0.2, 0) is 13.6 Å². The summed E-state index contributed by atoms with van der Waals surface area (Å²) in [5.41, 5.74) is 1.06. The highest BCUT2D eigenvalue weighted by molar-refractivity contribution is 6.33. The van der Waals surface area contributed by atoms with E-state index in [-0.39, 0.29) is 28.2 Å². The number of benzene rings is 1. The zero-order chi connectivity index (χ0) is 16.6. The Labute approximate surface area is 138 Å². The molecule has 1 amide bonds. The van der Waals surface area contributed by atoms with E-state index >= 15 is 0 Å². The first kappa shape index (κ1) is 15.6. The van der Waals surface area contributed by atoms with Crippen molar-refractivity contribution in [1.82, 2.24) is 9.47 Å². The summed E-state index contributed by atoms with van der Waals surface area (Å²) in [6, 6.07) is 8.01. The molecule has 1 aliphatic carbocycles. The van der Waals surface area contributed by atoms with Crippen LogP contribution in [0.1, 0.15) is 28.9 Å². The van der Waals surface area contributed by atoms with E-state index in [2.05, 4.69) is 0 Å². The molecule has 0 spiro atoms. The first-order valence-corrected chi connectivity index (χ1v) is 7.70. The average molecular weight is 334 g/mol. The molecule has 0 aliphatic heterocycles. The van der Waals surface area contributed by atoms with Crippen molar-refractivity contribution < 1.29 is 9.72 Å². The number of nitro groups is 1. The predicted octanol–water partition coefficient (Wildman–Crippen LogP) is 3.39. The van der Waals surface area contributed by atoms with E-state index in [4.69, 9.17) is 11.6 Å². The van der Waals surface area contributed by atoms with Gasteiger partial charge in [0.15, 0.2) is 0 Å². The molecular formula is C16H16ClN3O3. The number of rotatable bonds is 5. The lowest BCUT2D eigenvalue weighted by atomic mass is 10.1. The normalized spacial score (nSPS) is 13.8. The highest BCUT2D eigenvalue weighted by Crippen LogP contribution is 2.32. The summed E-state index contributed by atoms with van der Waals surface area (Å²) in [5.74, 6) is -0.262. The molecule has 0 N–H and O–H groups in total. The quantitative estimate of drug-likeness (QED) is 0.622. The minimum absolute atomic E-state index is 0.132. The number of nitro benzene ring substituents is 1. The number of non-ortho nitro benzene ring substituents is 1. The Morgan fingerprint density at radius 3 is 2.74 bits per heavy atom. The summed E-state index contributed by atoms with van der Waals surface area (Å²) in [6.45, 7) is 0.464. The summed E-state index contributed by atoms with van der Waals surface area (Å²) < 4.78 is 1.96. The summed E-state index contributed by atoms with van der Waals surface area (Å²) >= 11 is 6.10. The molecule has 0 bridgehead atoms. The van der Waals surface area contributed by atoms with Crippen LogP contribution in [0.3, 0.4) is 0 Å². The van der Waals surface area contributed by atoms with Gasteiger partial charge < -0.3 is 9.47 Å². The second-order valence-electron chi connectivity index (χ2n) is 5.70. The molecule has 6 nitrogen and oxygen atoms in total. The third kappa shape index (κ3) is 3.22. The molecule has 120 valence electrons. The molecule has 7 heteroatoms. The van der Waals surface area contributed by atoms with Gasteiger partial charge in [0.1, 0.15) is 0 Å². The lowest BCUT2D eigenvalue weighted by molar-refractivity contribution is -0.384. The van der Waals surface area contributed by atoms with Crippen molar-refractivity contribution in [3.05, 3.63) is 62.9 Å². The van der Waals surface area contributed by atoms with Crippen LogP contribution in [-0.4, -0.2) is 26.3 Å². The number of halogens is 1. The van der Waals surface area contributed by atoms with E-state index in [1.54, 1.807) is 4.90 Å². The summed E-state index contributed by atoms with van der Waals surface area (Å²) in [6.07, 6.45) is 3.82. The first-order chi connectivity index (χ1) is 11.0. The molecular weight excluding hydrogens is 318 g/mol. The first-order valence-electron chi connectivity index (χ1n) is 7.32. The Kier molecular flexibility index (Phi) is 4.09. The number of carbonyl (C=O) groups is 1. The smallest absolute Gasteiger partial charge is 0.270 e. The molecule has 23 heavy (non-hydrogen) atoms. The maximum Gasteiger partial charge on any atom is 0.270 e. The Bertz CT molecular complexity index is 768. The lowest BCUT2D eigenvalue weighted by Crippen LogP contribution is -2.33. The van der Waals surface area contributed by atoms with Gasteiger partial charge in [-0.2, -0.15) is 0 Å². The molecule has 1 aromatic carbocycles. The molecule has 2 aromatic rings. The van der Waals surface area contributed by atoms with E-state index in [0.717, 1.165) is 18.5 Å². The number of aromatic nitrogens is 1. The largest absolute Gasteiger partial charge is 0.353 e. The average Bonchev–Trinajstić information content (AvgIpc) is 3.28. The maximum absolute atomic E-state index is 12.9. The monoisotopic (exact) mass is 333 g/mol. The Balaban J connectivity index is 1.91. The topological polar surface area (TPSA) is 68.4 Å². The number of amides is 1. The van der Waals surface area contributed by atoms with Crippen molar-refractivity contribution in [2.45, 2.75) is 25.4 Å². The van der Waals surface area contributed by atoms with E-state index in [9.17, 15) is 14.9 Å². The van der Waals surface area contributed by atoms with Crippen molar-refractivity contribution in [1.29, 1.82) is 0 Å². The van der Waals surface area contributed by atoms with E-state index in [1.807, 2.05) is 29.9 Å². The molecule has 0 atom stereocenters. The van der Waals surface area contributed by atoms with Crippen LogP contribution < -0.4 is 0 Å². The van der Waals surface area contributed by atoms with E-state index in [1.165, 1.54) is 18.2 Å². The zero-order valence-corrected chi connectivity index (χ0v) is 13.4. The van der Waals surface area contributed by atoms with Gasteiger partial charge >= 0.3 is 0 Å². The minimum atomic E-state index is -0.522. The fourth-order valence-electron chi connectivity index (χ4n) is 2.53. The Morgan fingerprint density at radius 1 is 1.43 bits per heavy atom. The van der Waals surface area contributed by atoms with Gasteiger partial charge in [0.05, 0.1) is 22.1 Å². The SMILES string of the molecule is Cn1cccc1CN(C(=O)c1cc([N+](=O)[O-])ccc1Cl)C1CC1. The standard InChI is InChI=1S/C16H16ClN3O3/c1-18-8-2-3-13(18)10-19(11-4-5-11)16(21)14-9-12(20(22)23)6-7-15(14)17/h2-3,6-9,11H,4-5,10H2,1H3. The van der Waals surface area contributed by atoms with Crippen LogP contribution in [0.4, 0.5) is 5.69 Å². The van der Waals surface area contributed by atoms with Gasteiger partial charge in [-0.1, -0.05) is 11.6 Å². The van der Waals surface area contributed by atoms with Gasteiger partial charge in [0.25, 0.3) is 11.6 Å². The highest BCUT2D eigenvalue weighted by atomic mass is 35.5. The Hall–Kier alpha value is -2.34. The predicted molar refractivity (Wildman–Crippen MR) is 86.4 cm³/mol. The van der Waals surface area contributed by atoms with E-state index in [0.29, 0.717) is 6.54 Å². The zero-order valence-electron chi connectivity index (χ0n) is 12.6. The van der Waals surface area contributed by atoms with Crippen LogP contribution in [0, 0.1) is 10.1 Å². The summed E-state index contributed by atoms with van der Waals surface area (Å²) in [4.78, 5) is 25.0. The number of carbonyl (C=O) groups excluding carboxylic acids is 1. The van der Waals surface area contributed by atoms with Crippen LogP contribution in [0.5, 0.6) is 0 Å². The number of nitrogens with zero attached hydrogens (tertiary/aromatic N) is 3. The Morgan fingerprint density at radius 2 is 2.17 bits per heavy atom. The second-order valence-corrected chi connectivity index (χ2v) is 6.10. The van der Waals surface area contributed by atoms with Crippen molar-refractivity contribution in [3.8, 4) is 0 Å². The minimum Gasteiger partial charge on any atom is -0.353 e. The van der Waals surface area contributed by atoms with Crippen molar-refractivity contribution in [2.75, 3.05) is 0 Å². The molecule has 3 rings (SSSR count). The van der Waals surface area contributed by atoms with Gasteiger partial charge in [0, 0.05) is 37.1 Å². The molecule has 0 saturated heterocycles. The molecule has 1 saturated carbocycles. The third-order valence-electron chi connectivity index (χ3n) is 4.02. The molecule has 0 radical (unpaired) electrons. The summed E-state index contributed by atoms with van der Waals surface area (Å²) in [7, 11) is 1.92.